The van der Waals surface area contributed by atoms with Gasteiger partial charge in [-0.1, -0.05) is 0 Å². The first kappa shape index (κ1) is 24.9. The first-order chi connectivity index (χ1) is 13.6. The zero-order valence-electron chi connectivity index (χ0n) is 16.6. The number of carboxylic acids is 2. The van der Waals surface area contributed by atoms with E-state index in [2.05, 4.69) is 40.2 Å². The fourth-order valence-electron chi connectivity index (χ4n) is 2.03. The van der Waals surface area contributed by atoms with Gasteiger partial charge in [0, 0.05) is 37.3 Å². The topological polar surface area (TPSA) is 163 Å². The molecule has 0 amide bonds. The van der Waals surface area contributed by atoms with Crippen LogP contribution in [0.15, 0.2) is 12.2 Å². The number of carbonyl (C=O) groups is 2. The highest BCUT2D eigenvalue weighted by Gasteiger charge is 2.24. The van der Waals surface area contributed by atoms with Crippen molar-refractivity contribution >= 4 is 23.7 Å². The fourth-order valence-corrected chi connectivity index (χ4v) is 2.57. The Bertz CT molecular complexity index is 653. The predicted octanol–water partition coefficient (Wildman–Crippen LogP) is 0.0386. The second-order valence-electron chi connectivity index (χ2n) is 7.12. The lowest BCUT2D eigenvalue weighted by Gasteiger charge is -2.24. The molecule has 1 aliphatic heterocycles. The Morgan fingerprint density at radius 2 is 2.00 bits per heavy atom. The minimum Gasteiger partial charge on any atom is -0.478 e. The molecule has 5 N–H and O–H groups in total. The van der Waals surface area contributed by atoms with Crippen LogP contribution in [0.3, 0.4) is 0 Å². The van der Waals surface area contributed by atoms with Crippen LogP contribution in [0.1, 0.15) is 32.6 Å². The van der Waals surface area contributed by atoms with Crippen molar-refractivity contribution in [2.24, 2.45) is 0 Å². The number of aliphatic carboxylic acids is 2. The first-order valence-corrected chi connectivity index (χ1v) is 9.66. The zero-order chi connectivity index (χ0) is 21.9. The number of aliphatic hydroxyl groups is 1. The van der Waals surface area contributed by atoms with Crippen molar-refractivity contribution in [3.63, 3.8) is 0 Å². The van der Waals surface area contributed by atoms with Crippen molar-refractivity contribution in [3.05, 3.63) is 17.8 Å². The molecule has 0 spiro atoms. The summed E-state index contributed by atoms with van der Waals surface area (Å²) in [4.78, 5) is 19.1. The van der Waals surface area contributed by atoms with Gasteiger partial charge in [0.2, 0.25) is 0 Å². The van der Waals surface area contributed by atoms with E-state index in [-0.39, 0.29) is 18.2 Å². The van der Waals surface area contributed by atoms with E-state index in [1.54, 1.807) is 0 Å². The summed E-state index contributed by atoms with van der Waals surface area (Å²) in [5, 5.41) is 32.0. The van der Waals surface area contributed by atoms with Crippen molar-refractivity contribution < 1.29 is 34.4 Å². The quantitative estimate of drug-likeness (QED) is 0.352. The molecule has 2 atom stereocenters. The molecule has 1 aliphatic rings. The third-order valence-corrected chi connectivity index (χ3v) is 3.89. The average Bonchev–Trinajstić information content (AvgIpc) is 3.12. The van der Waals surface area contributed by atoms with E-state index >= 15 is 0 Å². The molecule has 0 aromatic carbocycles. The van der Waals surface area contributed by atoms with Gasteiger partial charge < -0.3 is 35.4 Å². The van der Waals surface area contributed by atoms with E-state index in [0.717, 1.165) is 18.3 Å². The van der Waals surface area contributed by atoms with Crippen molar-refractivity contribution in [2.75, 3.05) is 32.8 Å². The molecule has 29 heavy (non-hydrogen) atoms. The molecule has 12 heteroatoms. The maximum absolute atomic E-state index is 9.94. The molecule has 2 unspecified atom stereocenters. The van der Waals surface area contributed by atoms with Crippen LogP contribution >= 0.6 is 11.7 Å². The van der Waals surface area contributed by atoms with E-state index in [1.165, 1.54) is 0 Å². The molecule has 2 heterocycles. The Hall–Kier alpha value is -2.12. The number of rotatable bonds is 8. The molecule has 1 aromatic rings. The molecular weight excluding hydrogens is 404 g/mol. The summed E-state index contributed by atoms with van der Waals surface area (Å²) >= 11 is 1.10. The first-order valence-electron chi connectivity index (χ1n) is 8.93. The van der Waals surface area contributed by atoms with Crippen LogP contribution < -0.4 is 15.4 Å². The molecule has 164 valence electrons. The maximum Gasteiger partial charge on any atom is 0.328 e. The van der Waals surface area contributed by atoms with E-state index in [0.29, 0.717) is 43.4 Å². The van der Waals surface area contributed by atoms with Crippen molar-refractivity contribution in [3.8, 4) is 5.88 Å². The third-order valence-electron chi connectivity index (χ3n) is 3.36. The van der Waals surface area contributed by atoms with Crippen molar-refractivity contribution in [1.29, 1.82) is 0 Å². The van der Waals surface area contributed by atoms with Crippen LogP contribution in [0.5, 0.6) is 5.88 Å². The number of ether oxygens (including phenoxy) is 2. The van der Waals surface area contributed by atoms with Gasteiger partial charge in [-0.2, -0.15) is 4.37 Å². The van der Waals surface area contributed by atoms with Crippen LogP contribution in [0.25, 0.3) is 0 Å². The summed E-state index contributed by atoms with van der Waals surface area (Å²) < 4.78 is 19.6. The molecule has 1 saturated heterocycles. The molecule has 1 aromatic heterocycles. The summed E-state index contributed by atoms with van der Waals surface area (Å²) in [7, 11) is 0. The van der Waals surface area contributed by atoms with Crippen LogP contribution in [-0.2, 0) is 14.3 Å². The number of morpholine rings is 1. The van der Waals surface area contributed by atoms with Crippen LogP contribution in [0.2, 0.25) is 0 Å². The van der Waals surface area contributed by atoms with Crippen LogP contribution in [0, 0.1) is 0 Å². The molecule has 1 fully saturated rings. The van der Waals surface area contributed by atoms with Gasteiger partial charge in [0.1, 0.15) is 24.5 Å². The predicted molar refractivity (Wildman–Crippen MR) is 105 cm³/mol. The van der Waals surface area contributed by atoms with E-state index in [9.17, 15) is 14.7 Å². The molecule has 0 radical (unpaired) electrons. The standard InChI is InChI=1S/C13H24N4O3S.C4H4O4/c1-13(2,3)15-6-9(18)8-20-12-11(16-21-17-12)10-7-14-4-5-19-10;5-3(6)1-2-4(7)8/h9-10,14-15,18H,4-8H2,1-3H3;1-2H,(H,5,6)(H,7,8)/b;2-1-. The lowest BCUT2D eigenvalue weighted by Crippen LogP contribution is -2.42. The smallest absolute Gasteiger partial charge is 0.328 e. The Balaban J connectivity index is 0.000000447. The summed E-state index contributed by atoms with van der Waals surface area (Å²) in [6.07, 6.45) is 0.395. The SMILES string of the molecule is CC(C)(C)NCC(O)COc1nsnc1C1CNCCO1.O=C(O)/C=C\C(=O)O. The number of carboxylic acid groups (broad SMARTS) is 2. The van der Waals surface area contributed by atoms with Gasteiger partial charge in [-0.05, 0) is 20.8 Å². The molecule has 11 nitrogen and oxygen atoms in total. The van der Waals surface area contributed by atoms with Gasteiger partial charge in [0.25, 0.3) is 5.88 Å². The Kier molecular flexibility index (Phi) is 10.7. The van der Waals surface area contributed by atoms with Gasteiger partial charge >= 0.3 is 11.9 Å². The lowest BCUT2D eigenvalue weighted by molar-refractivity contribution is -0.134. The highest BCUT2D eigenvalue weighted by molar-refractivity contribution is 6.99. The molecule has 0 bridgehead atoms. The lowest BCUT2D eigenvalue weighted by atomic mass is 10.1. The highest BCUT2D eigenvalue weighted by Crippen LogP contribution is 2.26. The highest BCUT2D eigenvalue weighted by atomic mass is 32.1. The summed E-state index contributed by atoms with van der Waals surface area (Å²) in [5.41, 5.74) is 0.679. The van der Waals surface area contributed by atoms with Gasteiger partial charge in [0.15, 0.2) is 0 Å². The number of aliphatic hydroxyl groups excluding tert-OH is 1. The van der Waals surface area contributed by atoms with E-state index < -0.39 is 18.0 Å². The fraction of sp³-hybridized carbons (Fsp3) is 0.647. The van der Waals surface area contributed by atoms with Gasteiger partial charge in [0.05, 0.1) is 18.3 Å². The third kappa shape index (κ3) is 11.5. The minimum atomic E-state index is -1.26. The second-order valence-corrected chi connectivity index (χ2v) is 7.65. The average molecular weight is 432 g/mol. The van der Waals surface area contributed by atoms with Gasteiger partial charge in [-0.3, -0.25) is 0 Å². The Labute approximate surface area is 173 Å². The number of nitrogens with one attached hydrogen (secondary N) is 2. The van der Waals surface area contributed by atoms with Gasteiger partial charge in [-0.25, -0.2) is 9.59 Å². The minimum absolute atomic E-state index is 0.0318. The normalized spacial score (nSPS) is 18.0. The number of hydrogen-bond donors (Lipinski definition) is 5. The largest absolute Gasteiger partial charge is 0.478 e. The molecule has 0 aliphatic carbocycles. The number of hydrogen-bond acceptors (Lipinski definition) is 10. The zero-order valence-corrected chi connectivity index (χ0v) is 17.4. The second kappa shape index (κ2) is 12.4. The summed E-state index contributed by atoms with van der Waals surface area (Å²) in [6.45, 7) is 9.01. The maximum atomic E-state index is 9.94. The van der Waals surface area contributed by atoms with E-state index in [4.69, 9.17) is 19.7 Å². The van der Waals surface area contributed by atoms with Crippen LogP contribution in [0.4, 0.5) is 0 Å². The monoisotopic (exact) mass is 432 g/mol. The Morgan fingerprint density at radius 3 is 2.52 bits per heavy atom. The summed E-state index contributed by atoms with van der Waals surface area (Å²) in [6, 6.07) is 0. The summed E-state index contributed by atoms with van der Waals surface area (Å²) in [5.74, 6) is -2.05. The number of β-amino-alcohol motifs (C(OH)–C–C–N with tert-alkyl or cyclic N) is 1. The van der Waals surface area contributed by atoms with Crippen molar-refractivity contribution in [2.45, 2.75) is 38.5 Å². The van der Waals surface area contributed by atoms with Crippen molar-refractivity contribution in [1.82, 2.24) is 19.4 Å². The number of nitrogens with zero attached hydrogens (tertiary/aromatic N) is 2. The molecule has 0 saturated carbocycles. The Morgan fingerprint density at radius 1 is 1.34 bits per heavy atom. The molecular formula is C17H28N4O7S. The molecule has 2 rings (SSSR count). The van der Waals surface area contributed by atoms with E-state index in [1.807, 2.05) is 0 Å². The van der Waals surface area contributed by atoms with Gasteiger partial charge in [-0.15, -0.1) is 4.37 Å². The van der Waals surface area contributed by atoms with Crippen LogP contribution in [-0.4, -0.2) is 80.5 Å². The number of aromatic nitrogens is 2.